The maximum absolute atomic E-state index is 11.8. The van der Waals surface area contributed by atoms with Crippen molar-refractivity contribution in [3.05, 3.63) is 65.0 Å². The number of nitriles is 1. The van der Waals surface area contributed by atoms with Crippen LogP contribution in [0.1, 0.15) is 11.5 Å². The molecule has 0 spiro atoms. The van der Waals surface area contributed by atoms with Crippen LogP contribution in [0.3, 0.4) is 0 Å². The van der Waals surface area contributed by atoms with Crippen LogP contribution in [0.15, 0.2) is 52.9 Å². The van der Waals surface area contributed by atoms with E-state index < -0.39 is 5.97 Å². The molecule has 3 aromatic rings. The van der Waals surface area contributed by atoms with Gasteiger partial charge in [-0.3, -0.25) is 0 Å². The number of carbonyl (C=O) groups excluding carboxylic acids is 1. The van der Waals surface area contributed by atoms with Crippen molar-refractivity contribution in [1.82, 2.24) is 10.2 Å². The van der Waals surface area contributed by atoms with Crippen LogP contribution >= 0.6 is 11.6 Å². The summed E-state index contributed by atoms with van der Waals surface area (Å²) < 4.78 is 15.7. The molecule has 1 heterocycles. The minimum Gasteiger partial charge on any atom is -0.481 e. The molecule has 130 valence electrons. The summed E-state index contributed by atoms with van der Waals surface area (Å²) in [6, 6.07) is 15.5. The summed E-state index contributed by atoms with van der Waals surface area (Å²) in [6.07, 6.45) is 0. The van der Waals surface area contributed by atoms with Gasteiger partial charge in [-0.25, -0.2) is 4.79 Å². The van der Waals surface area contributed by atoms with Gasteiger partial charge in [0.2, 0.25) is 5.89 Å². The molecular formula is C18H12ClN3O4. The summed E-state index contributed by atoms with van der Waals surface area (Å²) in [5.74, 6) is 0.145. The normalized spacial score (nSPS) is 10.2. The Balaban J connectivity index is 1.52. The Morgan fingerprint density at radius 1 is 1.15 bits per heavy atom. The highest BCUT2D eigenvalue weighted by atomic mass is 35.5. The molecule has 0 bridgehead atoms. The Morgan fingerprint density at radius 2 is 1.92 bits per heavy atom. The first-order chi connectivity index (χ1) is 12.7. The van der Waals surface area contributed by atoms with E-state index in [1.54, 1.807) is 48.5 Å². The highest BCUT2D eigenvalue weighted by molar-refractivity contribution is 6.30. The van der Waals surface area contributed by atoms with Gasteiger partial charge in [0.25, 0.3) is 5.89 Å². The number of rotatable bonds is 6. The lowest BCUT2D eigenvalue weighted by molar-refractivity contribution is -0.148. The van der Waals surface area contributed by atoms with Crippen LogP contribution in [-0.2, 0) is 16.1 Å². The fourth-order valence-corrected chi connectivity index (χ4v) is 2.15. The first-order valence-corrected chi connectivity index (χ1v) is 7.89. The number of para-hydroxylation sites is 1. The number of benzene rings is 2. The Hall–Kier alpha value is -3.37. The smallest absolute Gasteiger partial charge is 0.344 e. The maximum Gasteiger partial charge on any atom is 0.344 e. The van der Waals surface area contributed by atoms with E-state index in [9.17, 15) is 4.79 Å². The van der Waals surface area contributed by atoms with Gasteiger partial charge in [-0.1, -0.05) is 23.7 Å². The zero-order chi connectivity index (χ0) is 18.4. The van der Waals surface area contributed by atoms with Gasteiger partial charge >= 0.3 is 5.97 Å². The minimum atomic E-state index is -0.621. The van der Waals surface area contributed by atoms with Crippen molar-refractivity contribution in [1.29, 1.82) is 5.26 Å². The molecule has 2 aromatic carbocycles. The van der Waals surface area contributed by atoms with E-state index >= 15 is 0 Å². The molecule has 0 amide bonds. The number of aromatic nitrogens is 2. The molecule has 0 aliphatic carbocycles. The molecule has 0 unspecified atom stereocenters. The summed E-state index contributed by atoms with van der Waals surface area (Å²) in [5.41, 5.74) is 1.04. The third-order valence-electron chi connectivity index (χ3n) is 3.27. The van der Waals surface area contributed by atoms with Gasteiger partial charge in [0.15, 0.2) is 13.2 Å². The van der Waals surface area contributed by atoms with E-state index in [0.29, 0.717) is 27.8 Å². The second-order valence-electron chi connectivity index (χ2n) is 5.07. The van der Waals surface area contributed by atoms with Gasteiger partial charge in [0.1, 0.15) is 11.8 Å². The summed E-state index contributed by atoms with van der Waals surface area (Å²) >= 11 is 5.83. The number of halogens is 1. The van der Waals surface area contributed by atoms with Crippen molar-refractivity contribution in [2.24, 2.45) is 0 Å². The number of carbonyl (C=O) groups is 1. The molecule has 8 heteroatoms. The Kier molecular flexibility index (Phi) is 5.46. The average molecular weight is 370 g/mol. The third-order valence-corrected chi connectivity index (χ3v) is 3.52. The van der Waals surface area contributed by atoms with E-state index in [1.807, 2.05) is 6.07 Å². The molecule has 0 saturated heterocycles. The topological polar surface area (TPSA) is 98.2 Å². The standard InChI is InChI=1S/C18H12ClN3O4/c19-14-7-5-12(6-8-14)18-22-21-16(26-18)10-25-17(23)11-24-15-4-2-1-3-13(15)9-20/h1-8H,10-11H2. The monoisotopic (exact) mass is 369 g/mol. The molecule has 0 atom stereocenters. The second-order valence-corrected chi connectivity index (χ2v) is 5.50. The minimum absolute atomic E-state index is 0.153. The second kappa shape index (κ2) is 8.14. The van der Waals surface area contributed by atoms with Gasteiger partial charge in [-0.05, 0) is 36.4 Å². The molecule has 26 heavy (non-hydrogen) atoms. The van der Waals surface area contributed by atoms with Crippen LogP contribution in [0.25, 0.3) is 11.5 Å². The number of nitrogens with zero attached hydrogens (tertiary/aromatic N) is 3. The molecule has 0 saturated carbocycles. The van der Waals surface area contributed by atoms with Crippen LogP contribution < -0.4 is 4.74 Å². The Labute approximate surface area is 153 Å². The van der Waals surface area contributed by atoms with Crippen LogP contribution in [0, 0.1) is 11.3 Å². The van der Waals surface area contributed by atoms with Crippen molar-refractivity contribution in [2.45, 2.75) is 6.61 Å². The van der Waals surface area contributed by atoms with E-state index in [4.69, 9.17) is 30.8 Å². The van der Waals surface area contributed by atoms with Crippen molar-refractivity contribution in [3.63, 3.8) is 0 Å². The van der Waals surface area contributed by atoms with Crippen molar-refractivity contribution < 1.29 is 18.7 Å². The fraction of sp³-hybridized carbons (Fsp3) is 0.111. The maximum atomic E-state index is 11.8. The molecule has 0 aliphatic heterocycles. The van der Waals surface area contributed by atoms with Gasteiger partial charge in [-0.15, -0.1) is 10.2 Å². The van der Waals surface area contributed by atoms with Gasteiger partial charge in [0.05, 0.1) is 5.56 Å². The van der Waals surface area contributed by atoms with E-state index in [0.717, 1.165) is 0 Å². The quantitative estimate of drug-likeness (QED) is 0.614. The molecular weight excluding hydrogens is 358 g/mol. The number of hydrogen-bond donors (Lipinski definition) is 0. The largest absolute Gasteiger partial charge is 0.481 e. The molecule has 0 N–H and O–H groups in total. The summed E-state index contributed by atoms with van der Waals surface area (Å²) in [7, 11) is 0. The van der Waals surface area contributed by atoms with Gasteiger partial charge in [-0.2, -0.15) is 5.26 Å². The first-order valence-electron chi connectivity index (χ1n) is 7.51. The highest BCUT2D eigenvalue weighted by Gasteiger charge is 2.12. The molecule has 0 radical (unpaired) electrons. The zero-order valence-electron chi connectivity index (χ0n) is 13.4. The Bertz CT molecular complexity index is 948. The molecule has 0 fully saturated rings. The van der Waals surface area contributed by atoms with E-state index in [2.05, 4.69) is 10.2 Å². The summed E-state index contributed by atoms with van der Waals surface area (Å²) in [6.45, 7) is -0.514. The lowest BCUT2D eigenvalue weighted by Gasteiger charge is -2.06. The van der Waals surface area contributed by atoms with E-state index in [-0.39, 0.29) is 19.1 Å². The summed E-state index contributed by atoms with van der Waals surface area (Å²) in [5, 5.41) is 17.3. The molecule has 1 aromatic heterocycles. The van der Waals surface area contributed by atoms with Crippen LogP contribution in [0.4, 0.5) is 0 Å². The average Bonchev–Trinajstić information content (AvgIpc) is 3.14. The number of hydrogen-bond acceptors (Lipinski definition) is 7. The van der Waals surface area contributed by atoms with Crippen LogP contribution in [0.5, 0.6) is 5.75 Å². The summed E-state index contributed by atoms with van der Waals surface area (Å²) in [4.78, 5) is 11.8. The molecule has 7 nitrogen and oxygen atoms in total. The lowest BCUT2D eigenvalue weighted by atomic mass is 10.2. The SMILES string of the molecule is N#Cc1ccccc1OCC(=O)OCc1nnc(-c2ccc(Cl)cc2)o1. The predicted octanol–water partition coefficient (Wildman–Crippen LogP) is 3.38. The number of esters is 1. The first kappa shape index (κ1) is 17.5. The highest BCUT2D eigenvalue weighted by Crippen LogP contribution is 2.20. The Morgan fingerprint density at radius 3 is 2.69 bits per heavy atom. The predicted molar refractivity (Wildman–Crippen MR) is 91.2 cm³/mol. The molecule has 3 rings (SSSR count). The lowest BCUT2D eigenvalue weighted by Crippen LogP contribution is -2.15. The van der Waals surface area contributed by atoms with Crippen molar-refractivity contribution in [2.75, 3.05) is 6.61 Å². The van der Waals surface area contributed by atoms with Gasteiger partial charge in [0, 0.05) is 10.6 Å². The van der Waals surface area contributed by atoms with Crippen LogP contribution in [-0.4, -0.2) is 22.8 Å². The molecule has 0 aliphatic rings. The van der Waals surface area contributed by atoms with Crippen LogP contribution in [0.2, 0.25) is 5.02 Å². The van der Waals surface area contributed by atoms with Gasteiger partial charge < -0.3 is 13.9 Å². The van der Waals surface area contributed by atoms with Crippen molar-refractivity contribution >= 4 is 17.6 Å². The zero-order valence-corrected chi connectivity index (χ0v) is 14.1. The number of ether oxygens (including phenoxy) is 2. The third kappa shape index (κ3) is 4.37. The fourth-order valence-electron chi connectivity index (χ4n) is 2.03. The van der Waals surface area contributed by atoms with Crippen molar-refractivity contribution in [3.8, 4) is 23.3 Å². The van der Waals surface area contributed by atoms with E-state index in [1.165, 1.54) is 0 Å².